The van der Waals surface area contributed by atoms with E-state index < -0.39 is 11.5 Å². The van der Waals surface area contributed by atoms with Crippen LogP contribution < -0.4 is 10.6 Å². The van der Waals surface area contributed by atoms with Crippen LogP contribution in [0, 0.1) is 0 Å². The van der Waals surface area contributed by atoms with E-state index in [4.69, 9.17) is 4.74 Å². The number of carbonyl (C=O) groups excluding carboxylic acids is 3. The van der Waals surface area contributed by atoms with E-state index in [0.717, 1.165) is 47.2 Å². The van der Waals surface area contributed by atoms with Gasteiger partial charge in [0.25, 0.3) is 5.91 Å². The lowest BCUT2D eigenvalue weighted by Crippen LogP contribution is -2.58. The molecule has 4 aliphatic rings. The number of benzene rings is 1. The van der Waals surface area contributed by atoms with Gasteiger partial charge in [0.2, 0.25) is 11.8 Å². The minimum Gasteiger partial charge on any atom is -0.377 e. The number of hydrogen-bond donors (Lipinski definition) is 2. The number of piperidine rings is 1. The molecule has 3 aliphatic heterocycles. The van der Waals surface area contributed by atoms with Crippen molar-refractivity contribution >= 4 is 29.6 Å². The fraction of sp³-hybridized carbons (Fsp3) is 0.400. The Balaban J connectivity index is 1.21. The van der Waals surface area contributed by atoms with Crippen molar-refractivity contribution in [2.24, 2.45) is 0 Å². The molecule has 0 radical (unpaired) electrons. The minimum atomic E-state index is -0.816. The van der Waals surface area contributed by atoms with Gasteiger partial charge in [-0.05, 0) is 67.9 Å². The number of fused-ring (bicyclic) bond motifs is 4. The van der Waals surface area contributed by atoms with Gasteiger partial charge in [0.1, 0.15) is 11.9 Å². The van der Waals surface area contributed by atoms with Crippen LogP contribution in [0.3, 0.4) is 0 Å². The molecule has 1 aromatic carbocycles. The van der Waals surface area contributed by atoms with Crippen molar-refractivity contribution in [3.8, 4) is 0 Å². The standard InChI is InChI=1S/C35H37N5O4/c1-22-27(24-10-4-2-5-11-24)17-29-33(42)40(22)12-6-3-7-13-44-14-8-9-23-15-28-31(37-20-23)39-34(43)35(28)18-25-16-26(32(41)38-29)21-36-30(25)19-35/h2,4-5,8-11,15-16,20-22,27,29H,3,6-7,12-14,17-19H2,1H3,(H,38,41)(H,37,39,43)/b9-8+/t22?,27?,29?,35-/m0/s1. The summed E-state index contributed by atoms with van der Waals surface area (Å²) in [7, 11) is 0. The Morgan fingerprint density at radius 3 is 2.73 bits per heavy atom. The first-order valence-corrected chi connectivity index (χ1v) is 15.6. The van der Waals surface area contributed by atoms with Crippen LogP contribution in [-0.2, 0) is 32.6 Å². The monoisotopic (exact) mass is 591 g/mol. The van der Waals surface area contributed by atoms with Gasteiger partial charge in [-0.2, -0.15) is 0 Å². The number of pyridine rings is 2. The van der Waals surface area contributed by atoms with Gasteiger partial charge in [0.15, 0.2) is 0 Å². The summed E-state index contributed by atoms with van der Waals surface area (Å²) < 4.78 is 5.85. The first-order valence-electron chi connectivity index (χ1n) is 15.6. The largest absolute Gasteiger partial charge is 0.377 e. The van der Waals surface area contributed by atoms with Crippen LogP contribution in [0.5, 0.6) is 0 Å². The summed E-state index contributed by atoms with van der Waals surface area (Å²) in [5, 5.41) is 6.02. The first-order chi connectivity index (χ1) is 21.4. The van der Waals surface area contributed by atoms with Crippen LogP contribution >= 0.6 is 0 Å². The Hall–Kier alpha value is -4.37. The van der Waals surface area contributed by atoms with E-state index in [2.05, 4.69) is 39.7 Å². The third-order valence-corrected chi connectivity index (χ3v) is 9.76. The third-order valence-electron chi connectivity index (χ3n) is 9.76. The average Bonchev–Trinajstić information content (AvgIpc) is 3.55. The number of amides is 3. The molecular formula is C35H37N5O4. The molecule has 44 heavy (non-hydrogen) atoms. The topological polar surface area (TPSA) is 114 Å². The van der Waals surface area contributed by atoms with Crippen molar-refractivity contribution in [1.82, 2.24) is 20.2 Å². The van der Waals surface area contributed by atoms with Gasteiger partial charge in [-0.15, -0.1) is 0 Å². The summed E-state index contributed by atoms with van der Waals surface area (Å²) >= 11 is 0. The van der Waals surface area contributed by atoms with Gasteiger partial charge in [-0.3, -0.25) is 19.4 Å². The number of nitrogens with one attached hydrogen (secondary N) is 2. The number of rotatable bonds is 1. The molecule has 3 aromatic rings. The molecule has 4 atom stereocenters. The van der Waals surface area contributed by atoms with Crippen LogP contribution in [0.4, 0.5) is 5.82 Å². The number of carbonyl (C=O) groups is 3. The zero-order chi connectivity index (χ0) is 30.3. The maximum absolute atomic E-state index is 13.8. The maximum atomic E-state index is 13.8. The normalized spacial score (nSPS) is 27.7. The average molecular weight is 592 g/mol. The third kappa shape index (κ3) is 5.09. The molecule has 1 fully saturated rings. The van der Waals surface area contributed by atoms with E-state index in [1.165, 1.54) is 0 Å². The zero-order valence-electron chi connectivity index (χ0n) is 24.9. The van der Waals surface area contributed by atoms with Crippen LogP contribution in [0.25, 0.3) is 6.08 Å². The van der Waals surface area contributed by atoms with Gasteiger partial charge in [-0.25, -0.2) is 4.98 Å². The Morgan fingerprint density at radius 1 is 1.00 bits per heavy atom. The van der Waals surface area contributed by atoms with Gasteiger partial charge in [0.05, 0.1) is 17.6 Å². The quantitative estimate of drug-likeness (QED) is 0.439. The maximum Gasteiger partial charge on any atom is 0.253 e. The zero-order valence-corrected chi connectivity index (χ0v) is 24.9. The van der Waals surface area contributed by atoms with E-state index >= 15 is 0 Å². The van der Waals surface area contributed by atoms with Crippen molar-refractivity contribution in [2.75, 3.05) is 25.1 Å². The predicted molar refractivity (Wildman–Crippen MR) is 166 cm³/mol. The van der Waals surface area contributed by atoms with Gasteiger partial charge < -0.3 is 20.3 Å². The Labute approximate surface area is 257 Å². The Bertz CT molecular complexity index is 1640. The van der Waals surface area contributed by atoms with Crippen LogP contribution in [0.15, 0.2) is 60.9 Å². The Morgan fingerprint density at radius 2 is 1.86 bits per heavy atom. The molecule has 1 saturated heterocycles. The van der Waals surface area contributed by atoms with Crippen molar-refractivity contribution in [2.45, 2.75) is 68.9 Å². The number of hydrogen-bond acceptors (Lipinski definition) is 6. The van der Waals surface area contributed by atoms with Crippen molar-refractivity contribution in [3.05, 3.63) is 94.4 Å². The summed E-state index contributed by atoms with van der Waals surface area (Å²) in [6.45, 7) is 3.86. The highest BCUT2D eigenvalue weighted by Crippen LogP contribution is 2.46. The lowest BCUT2D eigenvalue weighted by molar-refractivity contribution is -0.139. The fourth-order valence-corrected chi connectivity index (χ4v) is 7.34. The van der Waals surface area contributed by atoms with E-state index in [9.17, 15) is 14.4 Å². The van der Waals surface area contributed by atoms with Gasteiger partial charge >= 0.3 is 0 Å². The number of ether oxygens (including phenoxy) is 1. The minimum absolute atomic E-state index is 0.0110. The molecule has 9 nitrogen and oxygen atoms in total. The predicted octanol–water partition coefficient (Wildman–Crippen LogP) is 4.18. The van der Waals surface area contributed by atoms with Crippen LogP contribution in [0.1, 0.15) is 76.8 Å². The van der Waals surface area contributed by atoms with E-state index in [0.29, 0.717) is 50.4 Å². The molecular weight excluding hydrogens is 554 g/mol. The molecule has 3 unspecified atom stereocenters. The fourth-order valence-electron chi connectivity index (χ4n) is 7.34. The first kappa shape index (κ1) is 28.4. The summed E-state index contributed by atoms with van der Waals surface area (Å²) in [5.74, 6) is 0.197. The second-order valence-corrected chi connectivity index (χ2v) is 12.5. The highest BCUT2D eigenvalue weighted by atomic mass is 16.5. The van der Waals surface area contributed by atoms with Crippen LogP contribution in [-0.4, -0.2) is 64.4 Å². The van der Waals surface area contributed by atoms with Gasteiger partial charge in [0, 0.05) is 55.2 Å². The summed E-state index contributed by atoms with van der Waals surface area (Å²) in [6, 6.07) is 13.5. The van der Waals surface area contributed by atoms with Crippen molar-refractivity contribution < 1.29 is 19.1 Å². The lowest BCUT2D eigenvalue weighted by Gasteiger charge is -2.43. The Kier molecular flexibility index (Phi) is 7.50. The number of anilines is 1. The molecule has 9 heteroatoms. The molecule has 7 rings (SSSR count). The van der Waals surface area contributed by atoms with Gasteiger partial charge in [-0.1, -0.05) is 42.5 Å². The van der Waals surface area contributed by atoms with Crippen molar-refractivity contribution in [3.63, 3.8) is 0 Å². The number of aromatic nitrogens is 2. The molecule has 5 heterocycles. The highest BCUT2D eigenvalue weighted by molar-refractivity contribution is 6.06. The van der Waals surface area contributed by atoms with E-state index in [-0.39, 0.29) is 29.7 Å². The van der Waals surface area contributed by atoms with E-state index in [1.54, 1.807) is 12.4 Å². The summed E-state index contributed by atoms with van der Waals surface area (Å²) in [4.78, 5) is 52.0. The van der Waals surface area contributed by atoms with Crippen LogP contribution in [0.2, 0.25) is 0 Å². The molecule has 0 saturated carbocycles. The molecule has 2 aromatic heterocycles. The van der Waals surface area contributed by atoms with E-state index in [1.807, 2.05) is 47.4 Å². The molecule has 2 N–H and O–H groups in total. The summed E-state index contributed by atoms with van der Waals surface area (Å²) in [5.41, 5.74) is 4.17. The molecule has 226 valence electrons. The molecule has 1 spiro atoms. The SMILES string of the molecule is CC1C(c2ccccc2)CC2NC(=O)c3cnc4c(c3)C[C@@]3(C4)C(=O)Nc4ncc(cc43)/C=C/COCCCCCN1C2=O. The second kappa shape index (κ2) is 11.6. The molecule has 3 amide bonds. The second-order valence-electron chi connectivity index (χ2n) is 12.5. The highest BCUT2D eigenvalue weighted by Gasteiger charge is 2.52. The molecule has 1 aliphatic carbocycles. The summed E-state index contributed by atoms with van der Waals surface area (Å²) in [6.07, 6.45) is 11.4. The lowest BCUT2D eigenvalue weighted by atomic mass is 9.79. The van der Waals surface area contributed by atoms with Crippen molar-refractivity contribution in [1.29, 1.82) is 0 Å². The number of nitrogens with zero attached hydrogens (tertiary/aromatic N) is 3. The molecule has 7 bridgehead atoms. The smallest absolute Gasteiger partial charge is 0.253 e.